The van der Waals surface area contributed by atoms with Crippen molar-refractivity contribution in [3.8, 4) is 5.75 Å². The van der Waals surface area contributed by atoms with Gasteiger partial charge in [0.05, 0.1) is 12.7 Å². The Hall–Kier alpha value is -1.74. The van der Waals surface area contributed by atoms with Gasteiger partial charge in [-0.05, 0) is 61.6 Å². The standard InChI is InChI=1S/C18H18O2S/c1-12(19)18-16(20-2)7-4-8-17(18)21-15-10-9-13-5-3-6-14(13)11-15/h4,7-11H,3,5-6H2,1-2H3. The lowest BCUT2D eigenvalue weighted by molar-refractivity contribution is 0.101. The predicted molar refractivity (Wildman–Crippen MR) is 85.6 cm³/mol. The molecule has 0 aromatic heterocycles. The summed E-state index contributed by atoms with van der Waals surface area (Å²) in [5.74, 6) is 0.685. The molecule has 0 saturated heterocycles. The number of Topliss-reactive ketones (excluding diaryl/α,β-unsaturated/α-hetero) is 1. The zero-order chi connectivity index (χ0) is 14.8. The topological polar surface area (TPSA) is 26.3 Å². The minimum absolute atomic E-state index is 0.0381. The molecule has 2 aromatic carbocycles. The summed E-state index contributed by atoms with van der Waals surface area (Å²) < 4.78 is 5.32. The van der Waals surface area contributed by atoms with E-state index in [-0.39, 0.29) is 5.78 Å². The smallest absolute Gasteiger partial charge is 0.164 e. The Labute approximate surface area is 129 Å². The van der Waals surface area contributed by atoms with Crippen LogP contribution in [-0.2, 0) is 12.8 Å². The summed E-state index contributed by atoms with van der Waals surface area (Å²) in [6, 6.07) is 12.4. The van der Waals surface area contributed by atoms with Crippen LogP contribution in [-0.4, -0.2) is 12.9 Å². The van der Waals surface area contributed by atoms with Crippen LogP contribution in [0.15, 0.2) is 46.2 Å². The molecule has 0 radical (unpaired) electrons. The highest BCUT2D eigenvalue weighted by molar-refractivity contribution is 7.99. The zero-order valence-corrected chi connectivity index (χ0v) is 13.1. The normalized spacial score (nSPS) is 13.0. The number of methoxy groups -OCH3 is 1. The first-order valence-electron chi connectivity index (χ1n) is 7.16. The number of benzene rings is 2. The van der Waals surface area contributed by atoms with E-state index in [1.54, 1.807) is 25.8 Å². The average Bonchev–Trinajstić information content (AvgIpc) is 2.94. The van der Waals surface area contributed by atoms with Crippen LogP contribution in [0.25, 0.3) is 0 Å². The lowest BCUT2D eigenvalue weighted by atomic mass is 10.1. The highest BCUT2D eigenvalue weighted by atomic mass is 32.2. The van der Waals surface area contributed by atoms with Crippen molar-refractivity contribution in [1.82, 2.24) is 0 Å². The van der Waals surface area contributed by atoms with E-state index in [2.05, 4.69) is 18.2 Å². The van der Waals surface area contributed by atoms with Crippen molar-refractivity contribution in [2.75, 3.05) is 7.11 Å². The number of hydrogen-bond donors (Lipinski definition) is 0. The molecule has 2 aromatic rings. The van der Waals surface area contributed by atoms with Gasteiger partial charge in [-0.15, -0.1) is 0 Å². The van der Waals surface area contributed by atoms with Gasteiger partial charge in [-0.25, -0.2) is 0 Å². The molecule has 1 aliphatic carbocycles. The van der Waals surface area contributed by atoms with Gasteiger partial charge in [-0.1, -0.05) is 23.9 Å². The number of aryl methyl sites for hydroxylation is 2. The fourth-order valence-electron chi connectivity index (χ4n) is 2.85. The third-order valence-electron chi connectivity index (χ3n) is 3.86. The van der Waals surface area contributed by atoms with Crippen molar-refractivity contribution in [2.45, 2.75) is 36.0 Å². The highest BCUT2D eigenvalue weighted by Crippen LogP contribution is 2.37. The lowest BCUT2D eigenvalue weighted by Gasteiger charge is -2.11. The van der Waals surface area contributed by atoms with E-state index < -0.39 is 0 Å². The molecular weight excluding hydrogens is 280 g/mol. The van der Waals surface area contributed by atoms with Gasteiger partial charge >= 0.3 is 0 Å². The number of carbonyl (C=O) groups excluding carboxylic acids is 1. The Bertz CT molecular complexity index is 692. The Kier molecular flexibility index (Phi) is 4.02. The summed E-state index contributed by atoms with van der Waals surface area (Å²) in [4.78, 5) is 14.1. The van der Waals surface area contributed by atoms with Crippen molar-refractivity contribution in [3.63, 3.8) is 0 Å². The maximum absolute atomic E-state index is 11.9. The molecule has 0 atom stereocenters. The summed E-state index contributed by atoms with van der Waals surface area (Å²) in [5, 5.41) is 0. The van der Waals surface area contributed by atoms with Crippen molar-refractivity contribution >= 4 is 17.5 Å². The van der Waals surface area contributed by atoms with Crippen LogP contribution < -0.4 is 4.74 Å². The van der Waals surface area contributed by atoms with Crippen LogP contribution in [0, 0.1) is 0 Å². The van der Waals surface area contributed by atoms with E-state index in [1.165, 1.54) is 35.3 Å². The molecule has 0 N–H and O–H groups in total. The zero-order valence-electron chi connectivity index (χ0n) is 12.3. The van der Waals surface area contributed by atoms with Crippen LogP contribution in [0.3, 0.4) is 0 Å². The first-order chi connectivity index (χ1) is 10.2. The summed E-state index contributed by atoms with van der Waals surface area (Å²) in [7, 11) is 1.60. The number of rotatable bonds is 4. The van der Waals surface area contributed by atoms with Crippen LogP contribution in [0.5, 0.6) is 5.75 Å². The largest absolute Gasteiger partial charge is 0.496 e. The molecule has 108 valence electrons. The molecule has 0 unspecified atom stereocenters. The van der Waals surface area contributed by atoms with Gasteiger partial charge in [-0.3, -0.25) is 4.79 Å². The summed E-state index contributed by atoms with van der Waals surface area (Å²) in [5.41, 5.74) is 3.59. The van der Waals surface area contributed by atoms with E-state index in [1.807, 2.05) is 18.2 Å². The molecule has 0 amide bonds. The molecule has 3 heteroatoms. The van der Waals surface area contributed by atoms with Crippen LogP contribution in [0.4, 0.5) is 0 Å². The highest BCUT2D eigenvalue weighted by Gasteiger charge is 2.16. The molecule has 0 heterocycles. The van der Waals surface area contributed by atoms with Crippen LogP contribution >= 0.6 is 11.8 Å². The second kappa shape index (κ2) is 5.94. The van der Waals surface area contributed by atoms with Gasteiger partial charge in [0.25, 0.3) is 0 Å². The quantitative estimate of drug-likeness (QED) is 0.775. The van der Waals surface area contributed by atoms with Gasteiger partial charge in [0.15, 0.2) is 5.78 Å². The van der Waals surface area contributed by atoms with E-state index in [0.717, 1.165) is 4.90 Å². The third-order valence-corrected chi connectivity index (χ3v) is 4.91. The van der Waals surface area contributed by atoms with Crippen molar-refractivity contribution in [1.29, 1.82) is 0 Å². The molecular formula is C18H18O2S. The monoisotopic (exact) mass is 298 g/mol. The summed E-state index contributed by atoms with van der Waals surface area (Å²) in [6.07, 6.45) is 3.61. The third kappa shape index (κ3) is 2.84. The number of ether oxygens (including phenoxy) is 1. The molecule has 0 saturated carbocycles. The van der Waals surface area contributed by atoms with E-state index >= 15 is 0 Å². The molecule has 0 aliphatic heterocycles. The van der Waals surface area contributed by atoms with Gasteiger partial charge in [-0.2, -0.15) is 0 Å². The van der Waals surface area contributed by atoms with Crippen molar-refractivity contribution < 1.29 is 9.53 Å². The van der Waals surface area contributed by atoms with Crippen molar-refractivity contribution in [2.24, 2.45) is 0 Å². The summed E-state index contributed by atoms with van der Waals surface area (Å²) in [6.45, 7) is 1.59. The fraction of sp³-hybridized carbons (Fsp3) is 0.278. The van der Waals surface area contributed by atoms with Gasteiger partial charge in [0.1, 0.15) is 5.75 Å². The van der Waals surface area contributed by atoms with Crippen LogP contribution in [0.1, 0.15) is 34.8 Å². The second-order valence-corrected chi connectivity index (χ2v) is 6.39. The predicted octanol–water partition coefficient (Wildman–Crippen LogP) is 4.54. The van der Waals surface area contributed by atoms with Gasteiger partial charge < -0.3 is 4.74 Å². The van der Waals surface area contributed by atoms with Crippen molar-refractivity contribution in [3.05, 3.63) is 53.1 Å². The maximum Gasteiger partial charge on any atom is 0.164 e. The van der Waals surface area contributed by atoms with Crippen LogP contribution in [0.2, 0.25) is 0 Å². The second-order valence-electron chi connectivity index (χ2n) is 5.28. The number of fused-ring (bicyclic) bond motifs is 1. The summed E-state index contributed by atoms with van der Waals surface area (Å²) >= 11 is 1.64. The molecule has 3 rings (SSSR count). The average molecular weight is 298 g/mol. The molecule has 0 bridgehead atoms. The Morgan fingerprint density at radius 3 is 2.71 bits per heavy atom. The molecule has 2 nitrogen and oxygen atoms in total. The fourth-order valence-corrected chi connectivity index (χ4v) is 3.94. The number of carbonyl (C=O) groups is 1. The molecule has 0 spiro atoms. The lowest BCUT2D eigenvalue weighted by Crippen LogP contribution is -1.99. The molecule has 0 fully saturated rings. The van der Waals surface area contributed by atoms with E-state index in [4.69, 9.17) is 4.74 Å². The number of ketones is 1. The van der Waals surface area contributed by atoms with E-state index in [0.29, 0.717) is 11.3 Å². The molecule has 21 heavy (non-hydrogen) atoms. The Morgan fingerprint density at radius 1 is 1.14 bits per heavy atom. The Morgan fingerprint density at radius 2 is 1.95 bits per heavy atom. The SMILES string of the molecule is COc1cccc(Sc2ccc3c(c2)CCC3)c1C(C)=O. The first-order valence-corrected chi connectivity index (χ1v) is 7.98. The molecule has 1 aliphatic rings. The maximum atomic E-state index is 11.9. The minimum Gasteiger partial charge on any atom is -0.496 e. The Balaban J connectivity index is 1.96. The minimum atomic E-state index is 0.0381. The van der Waals surface area contributed by atoms with Gasteiger partial charge in [0, 0.05) is 9.79 Å². The van der Waals surface area contributed by atoms with E-state index in [9.17, 15) is 4.79 Å². The number of hydrogen-bond acceptors (Lipinski definition) is 3. The first kappa shape index (κ1) is 14.2. The van der Waals surface area contributed by atoms with Gasteiger partial charge in [0.2, 0.25) is 0 Å².